The Hall–Kier alpha value is -2.55. The molecule has 0 aliphatic rings. The number of aromatic nitrogens is 4. The van der Waals surface area contributed by atoms with E-state index in [-0.39, 0.29) is 18.0 Å². The van der Waals surface area contributed by atoms with Crippen molar-refractivity contribution in [1.82, 2.24) is 24.6 Å². The van der Waals surface area contributed by atoms with Crippen LogP contribution in [0, 0.1) is 6.92 Å². The summed E-state index contributed by atoms with van der Waals surface area (Å²) >= 11 is 1.26. The predicted molar refractivity (Wildman–Crippen MR) is 98.6 cm³/mol. The van der Waals surface area contributed by atoms with Crippen LogP contribution in [-0.2, 0) is 13.0 Å². The summed E-state index contributed by atoms with van der Waals surface area (Å²) in [5.74, 6) is 0.893. The Labute approximate surface area is 154 Å². The average Bonchev–Trinajstić information content (AvgIpc) is 3.23. The van der Waals surface area contributed by atoms with Crippen LogP contribution in [0.2, 0.25) is 0 Å². The maximum absolute atomic E-state index is 12.9. The van der Waals surface area contributed by atoms with Gasteiger partial charge in [-0.05, 0) is 26.3 Å². The van der Waals surface area contributed by atoms with E-state index in [0.717, 1.165) is 0 Å². The largest absolute Gasteiger partial charge is 0.338 e. The SMILES string of the molecule is CCc1noc(Cn2cnc3sc(C(=O)N(CC)CC)c(C)c3c2=O)n1. The van der Waals surface area contributed by atoms with Crippen LogP contribution in [0.5, 0.6) is 0 Å². The molecule has 138 valence electrons. The Bertz CT molecular complexity index is 1000. The smallest absolute Gasteiger partial charge is 0.264 e. The number of aryl methyl sites for hydroxylation is 2. The third kappa shape index (κ3) is 3.14. The minimum atomic E-state index is -0.210. The van der Waals surface area contributed by atoms with Gasteiger partial charge in [0.1, 0.15) is 11.4 Å². The quantitative estimate of drug-likeness (QED) is 0.656. The molecule has 3 aromatic heterocycles. The fraction of sp³-hybridized carbons (Fsp3) is 0.471. The second-order valence-electron chi connectivity index (χ2n) is 5.85. The van der Waals surface area contributed by atoms with Gasteiger partial charge in [-0.3, -0.25) is 14.2 Å². The van der Waals surface area contributed by atoms with Crippen LogP contribution in [-0.4, -0.2) is 43.6 Å². The molecule has 0 aliphatic carbocycles. The zero-order chi connectivity index (χ0) is 18.8. The Kier molecular flexibility index (Phi) is 5.17. The number of amides is 1. The number of hydrogen-bond acceptors (Lipinski definition) is 7. The normalized spacial score (nSPS) is 11.2. The Morgan fingerprint density at radius 2 is 2.04 bits per heavy atom. The van der Waals surface area contributed by atoms with Gasteiger partial charge in [-0.15, -0.1) is 11.3 Å². The molecular formula is C17H21N5O3S. The monoisotopic (exact) mass is 375 g/mol. The number of fused-ring (bicyclic) bond motifs is 1. The van der Waals surface area contributed by atoms with E-state index in [4.69, 9.17) is 4.52 Å². The van der Waals surface area contributed by atoms with Crippen molar-refractivity contribution in [2.24, 2.45) is 0 Å². The molecule has 3 heterocycles. The Balaban J connectivity index is 2.02. The molecule has 0 spiro atoms. The van der Waals surface area contributed by atoms with E-state index < -0.39 is 0 Å². The van der Waals surface area contributed by atoms with Gasteiger partial charge in [0.2, 0.25) is 5.89 Å². The highest BCUT2D eigenvalue weighted by Crippen LogP contribution is 2.28. The molecule has 0 saturated heterocycles. The van der Waals surface area contributed by atoms with Crippen LogP contribution >= 0.6 is 11.3 Å². The molecule has 26 heavy (non-hydrogen) atoms. The molecule has 3 rings (SSSR count). The molecule has 0 atom stereocenters. The van der Waals surface area contributed by atoms with E-state index in [1.165, 1.54) is 22.2 Å². The highest BCUT2D eigenvalue weighted by Gasteiger charge is 2.22. The Morgan fingerprint density at radius 3 is 2.65 bits per heavy atom. The van der Waals surface area contributed by atoms with Crippen molar-refractivity contribution in [3.05, 3.63) is 38.8 Å². The first-order valence-corrected chi connectivity index (χ1v) is 9.40. The number of thiophene rings is 1. The van der Waals surface area contributed by atoms with Crippen LogP contribution in [0.4, 0.5) is 0 Å². The summed E-state index contributed by atoms with van der Waals surface area (Å²) < 4.78 is 6.59. The fourth-order valence-electron chi connectivity index (χ4n) is 2.77. The molecule has 0 fully saturated rings. The lowest BCUT2D eigenvalue weighted by Gasteiger charge is -2.17. The van der Waals surface area contributed by atoms with Crippen molar-refractivity contribution < 1.29 is 9.32 Å². The minimum absolute atomic E-state index is 0.0639. The topological polar surface area (TPSA) is 94.1 Å². The maximum atomic E-state index is 12.9. The molecule has 0 aromatic carbocycles. The van der Waals surface area contributed by atoms with Crippen molar-refractivity contribution in [3.63, 3.8) is 0 Å². The lowest BCUT2D eigenvalue weighted by molar-refractivity contribution is 0.0777. The second kappa shape index (κ2) is 7.36. The van der Waals surface area contributed by atoms with E-state index in [9.17, 15) is 9.59 Å². The zero-order valence-corrected chi connectivity index (χ0v) is 16.1. The number of carbonyl (C=O) groups excluding carboxylic acids is 1. The molecule has 0 saturated carbocycles. The van der Waals surface area contributed by atoms with Gasteiger partial charge in [0.15, 0.2) is 5.82 Å². The van der Waals surface area contributed by atoms with Gasteiger partial charge in [0, 0.05) is 19.5 Å². The molecule has 0 unspecified atom stereocenters. The van der Waals surface area contributed by atoms with Crippen molar-refractivity contribution in [2.45, 2.75) is 40.7 Å². The summed E-state index contributed by atoms with van der Waals surface area (Å²) in [6.45, 7) is 9.00. The van der Waals surface area contributed by atoms with Crippen LogP contribution in [0.1, 0.15) is 47.7 Å². The summed E-state index contributed by atoms with van der Waals surface area (Å²) in [7, 11) is 0. The van der Waals surface area contributed by atoms with Gasteiger partial charge in [0.05, 0.1) is 16.6 Å². The summed E-state index contributed by atoms with van der Waals surface area (Å²) in [5.41, 5.74) is 0.465. The zero-order valence-electron chi connectivity index (χ0n) is 15.3. The van der Waals surface area contributed by atoms with Gasteiger partial charge >= 0.3 is 0 Å². The first kappa shape index (κ1) is 18.2. The second-order valence-corrected chi connectivity index (χ2v) is 6.85. The third-order valence-electron chi connectivity index (χ3n) is 4.29. The van der Waals surface area contributed by atoms with Crippen molar-refractivity contribution in [1.29, 1.82) is 0 Å². The maximum Gasteiger partial charge on any atom is 0.264 e. The molecular weight excluding hydrogens is 354 g/mol. The summed E-state index contributed by atoms with van der Waals surface area (Å²) in [5, 5.41) is 4.31. The van der Waals surface area contributed by atoms with E-state index in [1.807, 2.05) is 20.8 Å². The highest BCUT2D eigenvalue weighted by atomic mass is 32.1. The van der Waals surface area contributed by atoms with Gasteiger partial charge in [0.25, 0.3) is 11.5 Å². The van der Waals surface area contributed by atoms with Crippen molar-refractivity contribution in [3.8, 4) is 0 Å². The number of rotatable bonds is 6. The van der Waals surface area contributed by atoms with Crippen LogP contribution in [0.3, 0.4) is 0 Å². The van der Waals surface area contributed by atoms with Crippen LogP contribution in [0.15, 0.2) is 15.6 Å². The number of hydrogen-bond donors (Lipinski definition) is 0. The van der Waals surface area contributed by atoms with Crippen LogP contribution < -0.4 is 5.56 Å². The molecule has 8 nitrogen and oxygen atoms in total. The van der Waals surface area contributed by atoms with Gasteiger partial charge in [-0.2, -0.15) is 4.98 Å². The first-order chi connectivity index (χ1) is 12.5. The van der Waals surface area contributed by atoms with E-state index in [2.05, 4.69) is 15.1 Å². The van der Waals surface area contributed by atoms with Gasteiger partial charge in [-0.1, -0.05) is 12.1 Å². The van der Waals surface area contributed by atoms with Crippen LogP contribution in [0.25, 0.3) is 10.2 Å². The third-order valence-corrected chi connectivity index (χ3v) is 5.48. The lowest BCUT2D eigenvalue weighted by atomic mass is 10.2. The van der Waals surface area contributed by atoms with E-state index in [1.54, 1.807) is 11.8 Å². The van der Waals surface area contributed by atoms with Crippen molar-refractivity contribution in [2.75, 3.05) is 13.1 Å². The summed E-state index contributed by atoms with van der Waals surface area (Å²) in [6, 6.07) is 0. The Morgan fingerprint density at radius 1 is 1.31 bits per heavy atom. The standard InChI is InChI=1S/C17H21N5O3S/c1-5-11-19-12(25-20-11)8-22-9-18-15-13(16(22)23)10(4)14(26-15)17(24)21(6-2)7-3/h9H,5-8H2,1-4H3. The molecule has 0 N–H and O–H groups in total. The molecule has 1 amide bonds. The number of nitrogens with zero attached hydrogens (tertiary/aromatic N) is 5. The summed E-state index contributed by atoms with van der Waals surface area (Å²) in [6.07, 6.45) is 2.12. The minimum Gasteiger partial charge on any atom is -0.338 e. The van der Waals surface area contributed by atoms with Gasteiger partial charge < -0.3 is 9.42 Å². The lowest BCUT2D eigenvalue weighted by Crippen LogP contribution is -2.30. The number of carbonyl (C=O) groups is 1. The predicted octanol–water partition coefficient (Wildman–Crippen LogP) is 2.24. The average molecular weight is 375 g/mol. The molecule has 3 aromatic rings. The molecule has 0 radical (unpaired) electrons. The molecule has 0 bridgehead atoms. The van der Waals surface area contributed by atoms with E-state index >= 15 is 0 Å². The summed E-state index contributed by atoms with van der Waals surface area (Å²) in [4.78, 5) is 37.0. The fourth-order valence-corrected chi connectivity index (χ4v) is 3.88. The first-order valence-electron chi connectivity index (χ1n) is 8.59. The van der Waals surface area contributed by atoms with E-state index in [0.29, 0.717) is 51.9 Å². The molecule has 0 aliphatic heterocycles. The van der Waals surface area contributed by atoms with Gasteiger partial charge in [-0.25, -0.2) is 4.98 Å². The van der Waals surface area contributed by atoms with Crippen molar-refractivity contribution >= 4 is 27.5 Å². The highest BCUT2D eigenvalue weighted by molar-refractivity contribution is 7.20. The molecule has 9 heteroatoms.